The Morgan fingerprint density at radius 3 is 2.43 bits per heavy atom. The third kappa shape index (κ3) is 3.39. The topological polar surface area (TPSA) is 58.6 Å². The molecule has 1 aromatic carbocycles. The lowest BCUT2D eigenvalue weighted by Gasteiger charge is -2.29. The van der Waals surface area contributed by atoms with Crippen molar-refractivity contribution in [3.63, 3.8) is 0 Å². The van der Waals surface area contributed by atoms with E-state index in [4.69, 9.17) is 4.89 Å². The number of nitrogens with one attached hydrogen (secondary N) is 1. The van der Waals surface area contributed by atoms with Crippen LogP contribution in [0.4, 0.5) is 23.2 Å². The van der Waals surface area contributed by atoms with Gasteiger partial charge < -0.3 is 14.7 Å². The van der Waals surface area contributed by atoms with Crippen molar-refractivity contribution in [2.75, 3.05) is 18.5 Å². The predicted octanol–water partition coefficient (Wildman–Crippen LogP) is 4.02. The first-order valence-corrected chi connectivity index (χ1v) is 7.75. The summed E-state index contributed by atoms with van der Waals surface area (Å²) < 4.78 is 70.8. The molecule has 0 radical (unpaired) electrons. The van der Waals surface area contributed by atoms with Gasteiger partial charge in [-0.25, -0.2) is 0 Å². The molecule has 0 heterocycles. The van der Waals surface area contributed by atoms with Crippen molar-refractivity contribution in [3.05, 3.63) is 29.8 Å². The summed E-state index contributed by atoms with van der Waals surface area (Å²) in [4.78, 5) is 9.10. The highest BCUT2D eigenvalue weighted by molar-refractivity contribution is 7.54. The fourth-order valence-corrected chi connectivity index (χ4v) is 2.63. The molecule has 4 nitrogen and oxygen atoms in total. The lowest BCUT2D eigenvalue weighted by molar-refractivity contribution is -0.176. The van der Waals surface area contributed by atoms with E-state index in [9.17, 15) is 22.1 Å². The second-order valence-electron chi connectivity index (χ2n) is 4.16. The maximum atomic E-state index is 14.0. The third-order valence-corrected chi connectivity index (χ3v) is 4.24. The number of hydrogen-bond acceptors (Lipinski definition) is 3. The van der Waals surface area contributed by atoms with Crippen LogP contribution >= 0.6 is 7.60 Å². The van der Waals surface area contributed by atoms with Crippen LogP contribution in [-0.4, -0.2) is 23.7 Å². The fourth-order valence-electron chi connectivity index (χ4n) is 1.64. The maximum Gasteiger partial charge on any atom is 0.411 e. The van der Waals surface area contributed by atoms with Gasteiger partial charge in [0.1, 0.15) is 0 Å². The molecule has 0 spiro atoms. The minimum atomic E-state index is -5.82. The van der Waals surface area contributed by atoms with Crippen molar-refractivity contribution in [3.8, 4) is 0 Å². The summed E-state index contributed by atoms with van der Waals surface area (Å²) >= 11 is 0. The molecular formula is C12H16F4NO3P. The number of halogens is 4. The van der Waals surface area contributed by atoms with Crippen molar-refractivity contribution < 1.29 is 31.5 Å². The normalized spacial score (nSPS) is 15.6. The summed E-state index contributed by atoms with van der Waals surface area (Å²) in [6.45, 7) is 2.68. The molecule has 0 saturated heterocycles. The van der Waals surface area contributed by atoms with Crippen LogP contribution in [-0.2, 0) is 15.0 Å². The van der Waals surface area contributed by atoms with E-state index in [1.54, 1.807) is 6.92 Å². The molecule has 0 amide bonds. The van der Waals surface area contributed by atoms with E-state index in [1.165, 1.54) is 6.07 Å². The van der Waals surface area contributed by atoms with E-state index < -0.39 is 31.4 Å². The molecule has 9 heteroatoms. The zero-order chi connectivity index (χ0) is 16.3. The van der Waals surface area contributed by atoms with Crippen LogP contribution in [0.5, 0.6) is 0 Å². The van der Waals surface area contributed by atoms with Crippen LogP contribution in [0.15, 0.2) is 24.3 Å². The first-order valence-electron chi connectivity index (χ1n) is 6.17. The smallest absolute Gasteiger partial charge is 0.385 e. The monoisotopic (exact) mass is 329 g/mol. The molecule has 1 atom stereocenters. The standard InChI is InChI=1S/C12H16F4NO3P/c1-3-17-10-7-5-6-9(8-10)11(13,14)12(15,16)21(18,19)20-4-2/h5-8,17H,3-4H2,1-2H3,(H,18,19). The third-order valence-electron chi connectivity index (χ3n) is 2.64. The first kappa shape index (κ1) is 17.9. The van der Waals surface area contributed by atoms with E-state index in [0.29, 0.717) is 6.54 Å². The van der Waals surface area contributed by atoms with E-state index >= 15 is 0 Å². The number of rotatable bonds is 7. The van der Waals surface area contributed by atoms with E-state index in [0.717, 1.165) is 25.1 Å². The minimum Gasteiger partial charge on any atom is -0.385 e. The van der Waals surface area contributed by atoms with Gasteiger partial charge >= 0.3 is 19.2 Å². The zero-order valence-electron chi connectivity index (χ0n) is 11.4. The van der Waals surface area contributed by atoms with Gasteiger partial charge in [0.25, 0.3) is 0 Å². The van der Waals surface area contributed by atoms with Crippen LogP contribution in [0.2, 0.25) is 0 Å². The van der Waals surface area contributed by atoms with Crippen molar-refractivity contribution >= 4 is 13.3 Å². The Morgan fingerprint density at radius 1 is 1.29 bits per heavy atom. The zero-order valence-corrected chi connectivity index (χ0v) is 12.3. The van der Waals surface area contributed by atoms with Crippen molar-refractivity contribution in [1.82, 2.24) is 0 Å². The molecule has 1 aromatic rings. The number of benzene rings is 1. The molecule has 0 saturated carbocycles. The number of anilines is 1. The van der Waals surface area contributed by atoms with Gasteiger partial charge in [-0.1, -0.05) is 12.1 Å². The molecule has 0 bridgehead atoms. The van der Waals surface area contributed by atoms with Gasteiger partial charge in [0.15, 0.2) is 0 Å². The number of hydrogen-bond donors (Lipinski definition) is 2. The Balaban J connectivity index is 3.25. The second kappa shape index (κ2) is 6.34. The highest BCUT2D eigenvalue weighted by atomic mass is 31.2. The van der Waals surface area contributed by atoms with Crippen LogP contribution in [0.1, 0.15) is 19.4 Å². The molecule has 21 heavy (non-hydrogen) atoms. The quantitative estimate of drug-likeness (QED) is 0.586. The van der Waals surface area contributed by atoms with Gasteiger partial charge in [-0.15, -0.1) is 0 Å². The molecular weight excluding hydrogens is 313 g/mol. The Hall–Kier alpha value is -1.11. The van der Waals surface area contributed by atoms with Crippen LogP contribution in [0.25, 0.3) is 0 Å². The molecule has 2 N–H and O–H groups in total. The van der Waals surface area contributed by atoms with Gasteiger partial charge in [0, 0.05) is 17.8 Å². The molecule has 0 aliphatic rings. The Bertz CT molecular complexity index is 539. The molecule has 120 valence electrons. The minimum absolute atomic E-state index is 0.203. The van der Waals surface area contributed by atoms with Gasteiger partial charge in [-0.05, 0) is 26.0 Å². The lowest BCUT2D eigenvalue weighted by Crippen LogP contribution is -2.38. The highest BCUT2D eigenvalue weighted by Crippen LogP contribution is 2.66. The van der Waals surface area contributed by atoms with Gasteiger partial charge in [-0.3, -0.25) is 4.57 Å². The fraction of sp³-hybridized carbons (Fsp3) is 0.500. The van der Waals surface area contributed by atoms with Gasteiger partial charge in [-0.2, -0.15) is 17.6 Å². The first-order chi connectivity index (χ1) is 9.60. The second-order valence-corrected chi connectivity index (χ2v) is 6.03. The van der Waals surface area contributed by atoms with Gasteiger partial charge in [0.05, 0.1) is 6.61 Å². The SMILES string of the molecule is CCNc1cccc(C(F)(F)C(F)(F)P(=O)(O)OCC)c1. The summed E-state index contributed by atoms with van der Waals surface area (Å²) in [5, 5.41) is 2.69. The van der Waals surface area contributed by atoms with Crippen LogP contribution in [0, 0.1) is 0 Å². The molecule has 0 aliphatic carbocycles. The maximum absolute atomic E-state index is 14.0. The van der Waals surface area contributed by atoms with Crippen LogP contribution in [0.3, 0.4) is 0 Å². The summed E-state index contributed by atoms with van der Waals surface area (Å²) in [5.74, 6) is -4.85. The summed E-state index contributed by atoms with van der Waals surface area (Å²) in [6, 6.07) is 4.15. The largest absolute Gasteiger partial charge is 0.411 e. The number of alkyl halides is 4. The average molecular weight is 329 g/mol. The molecule has 0 fully saturated rings. The summed E-state index contributed by atoms with van der Waals surface area (Å²) in [7, 11) is -5.82. The molecule has 0 aliphatic heterocycles. The predicted molar refractivity (Wildman–Crippen MR) is 70.9 cm³/mol. The van der Waals surface area contributed by atoms with Crippen molar-refractivity contribution in [1.29, 1.82) is 0 Å². The van der Waals surface area contributed by atoms with E-state index in [-0.39, 0.29) is 5.69 Å². The van der Waals surface area contributed by atoms with Gasteiger partial charge in [0.2, 0.25) is 0 Å². The van der Waals surface area contributed by atoms with Crippen LogP contribution < -0.4 is 5.32 Å². The molecule has 1 unspecified atom stereocenters. The highest BCUT2D eigenvalue weighted by Gasteiger charge is 2.69. The Kier molecular flexibility index (Phi) is 5.41. The van der Waals surface area contributed by atoms with E-state index in [1.807, 2.05) is 0 Å². The Morgan fingerprint density at radius 2 is 1.90 bits per heavy atom. The summed E-state index contributed by atoms with van der Waals surface area (Å²) in [5.41, 5.74) is -6.10. The lowest BCUT2D eigenvalue weighted by atomic mass is 10.1. The summed E-state index contributed by atoms with van der Waals surface area (Å²) in [6.07, 6.45) is 0. The average Bonchev–Trinajstić information content (AvgIpc) is 2.39. The van der Waals surface area contributed by atoms with E-state index in [2.05, 4.69) is 9.84 Å². The Labute approximate surface area is 119 Å². The van der Waals surface area contributed by atoms with Crippen molar-refractivity contribution in [2.24, 2.45) is 0 Å². The molecule has 1 rings (SSSR count). The molecule has 0 aromatic heterocycles. The van der Waals surface area contributed by atoms with Crippen molar-refractivity contribution in [2.45, 2.75) is 25.4 Å².